The molecule has 3 aromatic carbocycles. The number of likely N-dealkylation sites (N-methyl/N-ethyl adjacent to an activating group) is 1. The number of amides is 2. The standard InChI is InChI=1S/C28H32N2O2/c1-30(19-18-22-8-4-2-5-9-22)28(32)21-24-14-12-23(13-15-24)20-26(16-17-27(29)31)25-10-6-3-7-11-25/h2-15,26H,16-21H2,1H3,(H2,29,31). The van der Waals surface area contributed by atoms with E-state index in [0.29, 0.717) is 19.4 Å². The summed E-state index contributed by atoms with van der Waals surface area (Å²) >= 11 is 0. The van der Waals surface area contributed by atoms with Gasteiger partial charge in [0.1, 0.15) is 0 Å². The Morgan fingerprint density at radius 1 is 0.812 bits per heavy atom. The third kappa shape index (κ3) is 7.38. The normalized spacial score (nSPS) is 11.7. The molecule has 3 rings (SSSR count). The van der Waals surface area contributed by atoms with Crippen LogP contribution in [0.3, 0.4) is 0 Å². The summed E-state index contributed by atoms with van der Waals surface area (Å²) in [4.78, 5) is 25.7. The number of rotatable bonds is 11. The fourth-order valence-electron chi connectivity index (χ4n) is 3.88. The molecule has 0 bridgehead atoms. The van der Waals surface area contributed by atoms with Gasteiger partial charge in [-0.15, -0.1) is 0 Å². The van der Waals surface area contributed by atoms with E-state index in [0.717, 1.165) is 24.8 Å². The van der Waals surface area contributed by atoms with Gasteiger partial charge in [-0.25, -0.2) is 0 Å². The number of benzene rings is 3. The van der Waals surface area contributed by atoms with Crippen molar-refractivity contribution in [1.82, 2.24) is 4.90 Å². The van der Waals surface area contributed by atoms with Gasteiger partial charge in [-0.2, -0.15) is 0 Å². The number of hydrogen-bond acceptors (Lipinski definition) is 2. The molecule has 32 heavy (non-hydrogen) atoms. The van der Waals surface area contributed by atoms with Crippen LogP contribution < -0.4 is 5.73 Å². The first-order valence-corrected chi connectivity index (χ1v) is 11.2. The van der Waals surface area contributed by atoms with Gasteiger partial charge in [0.2, 0.25) is 11.8 Å². The van der Waals surface area contributed by atoms with Crippen LogP contribution in [-0.4, -0.2) is 30.3 Å². The zero-order chi connectivity index (χ0) is 22.8. The lowest BCUT2D eigenvalue weighted by atomic mass is 9.88. The molecule has 4 heteroatoms. The largest absolute Gasteiger partial charge is 0.370 e. The molecule has 1 atom stereocenters. The number of hydrogen-bond donors (Lipinski definition) is 1. The SMILES string of the molecule is CN(CCc1ccccc1)C(=O)Cc1ccc(CC(CCC(N)=O)c2ccccc2)cc1. The molecule has 0 saturated heterocycles. The Labute approximate surface area is 191 Å². The van der Waals surface area contributed by atoms with E-state index in [2.05, 4.69) is 36.4 Å². The predicted molar refractivity (Wildman–Crippen MR) is 129 cm³/mol. The number of carbonyl (C=O) groups excluding carboxylic acids is 2. The molecule has 0 aliphatic rings. The summed E-state index contributed by atoms with van der Waals surface area (Å²) < 4.78 is 0. The molecule has 0 spiro atoms. The molecule has 4 nitrogen and oxygen atoms in total. The van der Waals surface area contributed by atoms with Crippen molar-refractivity contribution in [2.24, 2.45) is 5.73 Å². The lowest BCUT2D eigenvalue weighted by Gasteiger charge is -2.18. The second-order valence-corrected chi connectivity index (χ2v) is 8.36. The molecular weight excluding hydrogens is 396 g/mol. The lowest BCUT2D eigenvalue weighted by molar-refractivity contribution is -0.129. The van der Waals surface area contributed by atoms with Gasteiger partial charge in [0.05, 0.1) is 6.42 Å². The van der Waals surface area contributed by atoms with Crippen molar-refractivity contribution in [2.75, 3.05) is 13.6 Å². The van der Waals surface area contributed by atoms with Gasteiger partial charge < -0.3 is 10.6 Å². The smallest absolute Gasteiger partial charge is 0.226 e. The van der Waals surface area contributed by atoms with E-state index < -0.39 is 0 Å². The third-order valence-corrected chi connectivity index (χ3v) is 5.88. The molecule has 3 aromatic rings. The van der Waals surface area contributed by atoms with Crippen LogP contribution in [-0.2, 0) is 28.9 Å². The summed E-state index contributed by atoms with van der Waals surface area (Å²) in [7, 11) is 1.86. The van der Waals surface area contributed by atoms with Crippen LogP contribution in [0, 0.1) is 0 Å². The van der Waals surface area contributed by atoms with Gasteiger partial charge in [-0.1, -0.05) is 84.9 Å². The molecule has 0 aromatic heterocycles. The minimum absolute atomic E-state index is 0.123. The van der Waals surface area contributed by atoms with Crippen LogP contribution in [0.2, 0.25) is 0 Å². The Kier molecular flexibility index (Phi) is 8.61. The second-order valence-electron chi connectivity index (χ2n) is 8.36. The molecule has 0 heterocycles. The van der Waals surface area contributed by atoms with Crippen LogP contribution >= 0.6 is 0 Å². The minimum Gasteiger partial charge on any atom is -0.370 e. The summed E-state index contributed by atoms with van der Waals surface area (Å²) in [6.45, 7) is 0.708. The first kappa shape index (κ1) is 23.3. The van der Waals surface area contributed by atoms with Crippen molar-refractivity contribution in [3.05, 3.63) is 107 Å². The van der Waals surface area contributed by atoms with E-state index in [1.807, 2.05) is 55.6 Å². The Morgan fingerprint density at radius 2 is 1.41 bits per heavy atom. The van der Waals surface area contributed by atoms with Crippen LogP contribution in [0.1, 0.15) is 41.0 Å². The third-order valence-electron chi connectivity index (χ3n) is 5.88. The zero-order valence-electron chi connectivity index (χ0n) is 18.7. The van der Waals surface area contributed by atoms with Gasteiger partial charge in [-0.05, 0) is 47.4 Å². The molecule has 2 amide bonds. The molecule has 0 radical (unpaired) electrons. The highest BCUT2D eigenvalue weighted by molar-refractivity contribution is 5.78. The van der Waals surface area contributed by atoms with Gasteiger partial charge in [0.15, 0.2) is 0 Å². The Balaban J connectivity index is 1.55. The molecular formula is C28H32N2O2. The van der Waals surface area contributed by atoms with E-state index in [1.165, 1.54) is 16.7 Å². The molecule has 0 aliphatic heterocycles. The van der Waals surface area contributed by atoms with Gasteiger partial charge >= 0.3 is 0 Å². The minimum atomic E-state index is -0.267. The average molecular weight is 429 g/mol. The Bertz CT molecular complexity index is 985. The first-order valence-electron chi connectivity index (χ1n) is 11.2. The van der Waals surface area contributed by atoms with E-state index >= 15 is 0 Å². The van der Waals surface area contributed by atoms with E-state index in [1.54, 1.807) is 4.90 Å². The van der Waals surface area contributed by atoms with Crippen molar-refractivity contribution >= 4 is 11.8 Å². The van der Waals surface area contributed by atoms with Crippen molar-refractivity contribution in [3.63, 3.8) is 0 Å². The summed E-state index contributed by atoms with van der Waals surface area (Å²) in [5.74, 6) is 0.0915. The summed E-state index contributed by atoms with van der Waals surface area (Å²) in [5.41, 5.74) is 10.0. The van der Waals surface area contributed by atoms with Crippen molar-refractivity contribution < 1.29 is 9.59 Å². The van der Waals surface area contributed by atoms with E-state index in [4.69, 9.17) is 5.73 Å². The van der Waals surface area contributed by atoms with Crippen molar-refractivity contribution in [1.29, 1.82) is 0 Å². The maximum absolute atomic E-state index is 12.6. The maximum atomic E-state index is 12.6. The molecule has 2 N–H and O–H groups in total. The highest BCUT2D eigenvalue weighted by atomic mass is 16.2. The number of primary amides is 1. The molecule has 0 saturated carbocycles. The first-order chi connectivity index (χ1) is 15.5. The molecule has 1 unspecified atom stereocenters. The van der Waals surface area contributed by atoms with Gasteiger partial charge in [0.25, 0.3) is 0 Å². The summed E-state index contributed by atoms with van der Waals surface area (Å²) in [6, 6.07) is 28.7. The highest BCUT2D eigenvalue weighted by Crippen LogP contribution is 2.26. The van der Waals surface area contributed by atoms with E-state index in [-0.39, 0.29) is 17.7 Å². The van der Waals surface area contributed by atoms with Gasteiger partial charge in [-0.3, -0.25) is 9.59 Å². The van der Waals surface area contributed by atoms with Crippen LogP contribution in [0.5, 0.6) is 0 Å². The maximum Gasteiger partial charge on any atom is 0.226 e. The number of nitrogens with zero attached hydrogens (tertiary/aromatic N) is 1. The Morgan fingerprint density at radius 3 is 2.03 bits per heavy atom. The fourth-order valence-corrected chi connectivity index (χ4v) is 3.88. The predicted octanol–water partition coefficient (Wildman–Crippen LogP) is 4.52. The van der Waals surface area contributed by atoms with Crippen LogP contribution in [0.15, 0.2) is 84.9 Å². The van der Waals surface area contributed by atoms with Crippen LogP contribution in [0.4, 0.5) is 0 Å². The second kappa shape index (κ2) is 11.8. The van der Waals surface area contributed by atoms with Crippen molar-refractivity contribution in [2.45, 2.75) is 38.0 Å². The quantitative estimate of drug-likeness (QED) is 0.488. The van der Waals surface area contributed by atoms with E-state index in [9.17, 15) is 9.59 Å². The van der Waals surface area contributed by atoms with Gasteiger partial charge in [0, 0.05) is 20.0 Å². The average Bonchev–Trinajstić information content (AvgIpc) is 2.82. The molecule has 0 aliphatic carbocycles. The number of carbonyl (C=O) groups is 2. The summed E-state index contributed by atoms with van der Waals surface area (Å²) in [5, 5.41) is 0. The summed E-state index contributed by atoms with van der Waals surface area (Å²) in [6.07, 6.45) is 3.19. The highest BCUT2D eigenvalue weighted by Gasteiger charge is 2.14. The van der Waals surface area contributed by atoms with Crippen LogP contribution in [0.25, 0.3) is 0 Å². The molecule has 0 fully saturated rings. The Hall–Kier alpha value is -3.40. The topological polar surface area (TPSA) is 63.4 Å². The monoisotopic (exact) mass is 428 g/mol. The lowest BCUT2D eigenvalue weighted by Crippen LogP contribution is -2.30. The fraction of sp³-hybridized carbons (Fsp3) is 0.286. The number of nitrogens with two attached hydrogens (primary N) is 1. The zero-order valence-corrected chi connectivity index (χ0v) is 18.7. The van der Waals surface area contributed by atoms with Crippen molar-refractivity contribution in [3.8, 4) is 0 Å². The molecule has 166 valence electrons.